The molecule has 19 heavy (non-hydrogen) atoms. The lowest BCUT2D eigenvalue weighted by molar-refractivity contribution is -0.144. The molecule has 1 aromatic carbocycles. The van der Waals surface area contributed by atoms with E-state index in [0.29, 0.717) is 13.0 Å². The maximum absolute atomic E-state index is 11.2. The van der Waals surface area contributed by atoms with Gasteiger partial charge in [0.15, 0.2) is 0 Å². The Labute approximate surface area is 112 Å². The summed E-state index contributed by atoms with van der Waals surface area (Å²) in [6.07, 6.45) is 0.536. The van der Waals surface area contributed by atoms with Crippen molar-refractivity contribution in [1.82, 2.24) is 0 Å². The average molecular weight is 265 g/mol. The second-order valence-electron chi connectivity index (χ2n) is 4.56. The van der Waals surface area contributed by atoms with Gasteiger partial charge < -0.3 is 20.3 Å². The Morgan fingerprint density at radius 3 is 3.05 bits per heavy atom. The monoisotopic (exact) mass is 265 g/mol. The van der Waals surface area contributed by atoms with Gasteiger partial charge in [-0.1, -0.05) is 12.1 Å². The molecule has 0 radical (unpaired) electrons. The zero-order chi connectivity index (χ0) is 13.8. The molecule has 2 unspecified atom stereocenters. The number of hydrogen-bond acceptors (Lipinski definition) is 5. The van der Waals surface area contributed by atoms with E-state index >= 15 is 0 Å². The second-order valence-corrected chi connectivity index (χ2v) is 4.56. The minimum Gasteiger partial charge on any atom is -0.508 e. The van der Waals surface area contributed by atoms with Crippen LogP contribution in [0.25, 0.3) is 0 Å². The van der Waals surface area contributed by atoms with Crippen LogP contribution in [0.4, 0.5) is 0 Å². The van der Waals surface area contributed by atoms with Gasteiger partial charge in [-0.15, -0.1) is 0 Å². The molecule has 0 saturated heterocycles. The number of carbonyl (C=O) groups excluding carboxylic acids is 1. The van der Waals surface area contributed by atoms with E-state index in [1.54, 1.807) is 19.1 Å². The molecule has 3 N–H and O–H groups in total. The van der Waals surface area contributed by atoms with Crippen LogP contribution in [0, 0.1) is 0 Å². The number of carbonyl (C=O) groups is 1. The molecule has 0 bridgehead atoms. The van der Waals surface area contributed by atoms with E-state index in [1.807, 2.05) is 6.07 Å². The SMILES string of the molecule is CCOC(=O)CCOC1c2cccc(O)c2CC1N. The van der Waals surface area contributed by atoms with E-state index in [-0.39, 0.29) is 36.9 Å². The third kappa shape index (κ3) is 3.05. The number of esters is 1. The van der Waals surface area contributed by atoms with Crippen molar-refractivity contribution in [2.75, 3.05) is 13.2 Å². The topological polar surface area (TPSA) is 81.8 Å². The van der Waals surface area contributed by atoms with Crippen LogP contribution >= 0.6 is 0 Å². The van der Waals surface area contributed by atoms with Crippen molar-refractivity contribution in [2.24, 2.45) is 5.73 Å². The van der Waals surface area contributed by atoms with Crippen molar-refractivity contribution < 1.29 is 19.4 Å². The number of aromatic hydroxyl groups is 1. The average Bonchev–Trinajstić information content (AvgIpc) is 2.68. The Balaban J connectivity index is 1.95. The van der Waals surface area contributed by atoms with Gasteiger partial charge in [0.25, 0.3) is 0 Å². The Bertz CT molecular complexity index is 461. The molecule has 0 spiro atoms. The first-order valence-corrected chi connectivity index (χ1v) is 6.47. The van der Waals surface area contributed by atoms with E-state index in [4.69, 9.17) is 15.2 Å². The first-order chi connectivity index (χ1) is 9.13. The fourth-order valence-corrected chi connectivity index (χ4v) is 2.37. The maximum atomic E-state index is 11.2. The van der Waals surface area contributed by atoms with Crippen LogP contribution in [0.3, 0.4) is 0 Å². The lowest BCUT2D eigenvalue weighted by Crippen LogP contribution is -2.27. The number of nitrogens with two attached hydrogens (primary N) is 1. The normalized spacial score (nSPS) is 21.2. The molecule has 5 heteroatoms. The highest BCUT2D eigenvalue weighted by molar-refractivity contribution is 5.69. The van der Waals surface area contributed by atoms with Crippen LogP contribution < -0.4 is 5.73 Å². The van der Waals surface area contributed by atoms with Gasteiger partial charge in [0.05, 0.1) is 25.7 Å². The van der Waals surface area contributed by atoms with Crippen LogP contribution in [0.15, 0.2) is 18.2 Å². The molecule has 104 valence electrons. The molecule has 0 heterocycles. The zero-order valence-corrected chi connectivity index (χ0v) is 11.0. The van der Waals surface area contributed by atoms with Crippen molar-refractivity contribution >= 4 is 5.97 Å². The Kier molecular flexibility index (Phi) is 4.39. The van der Waals surface area contributed by atoms with Crippen molar-refractivity contribution in [3.8, 4) is 5.75 Å². The van der Waals surface area contributed by atoms with E-state index in [1.165, 1.54) is 0 Å². The summed E-state index contributed by atoms with van der Waals surface area (Å²) in [5.74, 6) is -0.0188. The summed E-state index contributed by atoms with van der Waals surface area (Å²) < 4.78 is 10.5. The Morgan fingerprint density at radius 2 is 2.32 bits per heavy atom. The molecule has 0 fully saturated rings. The first-order valence-electron chi connectivity index (χ1n) is 6.47. The second kappa shape index (κ2) is 6.04. The molecular formula is C14H19NO4. The summed E-state index contributed by atoms with van der Waals surface area (Å²) in [6, 6.07) is 5.13. The number of rotatable bonds is 5. The van der Waals surface area contributed by atoms with E-state index in [9.17, 15) is 9.90 Å². The Hall–Kier alpha value is -1.59. The summed E-state index contributed by atoms with van der Waals surface area (Å²) in [4.78, 5) is 11.2. The van der Waals surface area contributed by atoms with Crippen molar-refractivity contribution in [3.05, 3.63) is 29.3 Å². The van der Waals surface area contributed by atoms with Crippen molar-refractivity contribution in [2.45, 2.75) is 31.9 Å². The van der Waals surface area contributed by atoms with Gasteiger partial charge in [-0.05, 0) is 25.0 Å². The molecule has 0 aliphatic heterocycles. The van der Waals surface area contributed by atoms with Gasteiger partial charge >= 0.3 is 5.97 Å². The van der Waals surface area contributed by atoms with Crippen LogP contribution in [0.2, 0.25) is 0 Å². The Morgan fingerprint density at radius 1 is 1.53 bits per heavy atom. The van der Waals surface area contributed by atoms with Gasteiger partial charge in [0.1, 0.15) is 5.75 Å². The lowest BCUT2D eigenvalue weighted by Gasteiger charge is -2.17. The smallest absolute Gasteiger partial charge is 0.308 e. The molecule has 0 amide bonds. The number of phenolic OH excluding ortho intramolecular Hbond substituents is 1. The van der Waals surface area contributed by atoms with E-state index in [2.05, 4.69) is 0 Å². The van der Waals surface area contributed by atoms with Gasteiger partial charge in [-0.25, -0.2) is 0 Å². The summed E-state index contributed by atoms with van der Waals surface area (Å²) in [5, 5.41) is 9.77. The minimum absolute atomic E-state index is 0.189. The number of phenols is 1. The van der Waals surface area contributed by atoms with Gasteiger partial charge in [-0.2, -0.15) is 0 Å². The highest BCUT2D eigenvalue weighted by Gasteiger charge is 2.32. The largest absolute Gasteiger partial charge is 0.508 e. The number of ether oxygens (including phenoxy) is 2. The van der Waals surface area contributed by atoms with Crippen LogP contribution in [-0.4, -0.2) is 30.3 Å². The molecule has 2 rings (SSSR count). The molecule has 2 atom stereocenters. The van der Waals surface area contributed by atoms with Gasteiger partial charge in [0.2, 0.25) is 0 Å². The van der Waals surface area contributed by atoms with Crippen molar-refractivity contribution in [3.63, 3.8) is 0 Å². The predicted molar refractivity (Wildman–Crippen MR) is 69.7 cm³/mol. The third-order valence-electron chi connectivity index (χ3n) is 3.23. The molecule has 5 nitrogen and oxygen atoms in total. The van der Waals surface area contributed by atoms with E-state index in [0.717, 1.165) is 11.1 Å². The number of hydrogen-bond donors (Lipinski definition) is 2. The molecule has 0 aromatic heterocycles. The predicted octanol–water partition coefficient (Wildman–Crippen LogP) is 1.29. The molecule has 1 aromatic rings. The standard InChI is InChI=1S/C14H19NO4/c1-2-18-13(17)6-7-19-14-9-4-3-5-12(16)10(9)8-11(14)15/h3-5,11,14,16H,2,6-8,15H2,1H3. The summed E-state index contributed by atoms with van der Waals surface area (Å²) >= 11 is 0. The van der Waals surface area contributed by atoms with Crippen LogP contribution in [-0.2, 0) is 20.7 Å². The zero-order valence-electron chi connectivity index (χ0n) is 11.0. The maximum Gasteiger partial charge on any atom is 0.308 e. The van der Waals surface area contributed by atoms with Crippen molar-refractivity contribution in [1.29, 1.82) is 0 Å². The molecule has 1 aliphatic carbocycles. The summed E-state index contributed by atoms with van der Waals surface area (Å²) in [6.45, 7) is 2.41. The highest BCUT2D eigenvalue weighted by atomic mass is 16.5. The molecule has 0 saturated carbocycles. The number of benzene rings is 1. The van der Waals surface area contributed by atoms with Crippen LogP contribution in [0.1, 0.15) is 30.6 Å². The minimum atomic E-state index is -0.273. The molecular weight excluding hydrogens is 246 g/mol. The summed E-state index contributed by atoms with van der Waals surface area (Å²) in [5.41, 5.74) is 7.78. The fraction of sp³-hybridized carbons (Fsp3) is 0.500. The van der Waals surface area contributed by atoms with Gasteiger partial charge in [0, 0.05) is 11.6 Å². The summed E-state index contributed by atoms with van der Waals surface area (Å²) in [7, 11) is 0. The van der Waals surface area contributed by atoms with Crippen LogP contribution in [0.5, 0.6) is 5.75 Å². The third-order valence-corrected chi connectivity index (χ3v) is 3.23. The fourth-order valence-electron chi connectivity index (χ4n) is 2.37. The van der Waals surface area contributed by atoms with Gasteiger partial charge in [-0.3, -0.25) is 4.79 Å². The first kappa shape index (κ1) is 13.8. The molecule has 1 aliphatic rings. The number of fused-ring (bicyclic) bond motifs is 1. The van der Waals surface area contributed by atoms with E-state index < -0.39 is 0 Å². The lowest BCUT2D eigenvalue weighted by atomic mass is 10.1. The highest BCUT2D eigenvalue weighted by Crippen LogP contribution is 2.37. The quantitative estimate of drug-likeness (QED) is 0.784.